The first kappa shape index (κ1) is 15.4. The van der Waals surface area contributed by atoms with Gasteiger partial charge in [0.2, 0.25) is 0 Å². The molecule has 0 heterocycles. The second-order valence-electron chi connectivity index (χ2n) is 5.18. The molecule has 0 bridgehead atoms. The summed E-state index contributed by atoms with van der Waals surface area (Å²) in [7, 11) is 1.83. The average molecular weight is 291 g/mol. The first-order valence-electron chi connectivity index (χ1n) is 6.82. The van der Waals surface area contributed by atoms with Crippen molar-refractivity contribution in [2.24, 2.45) is 0 Å². The first-order chi connectivity index (χ1) is 9.97. The summed E-state index contributed by atoms with van der Waals surface area (Å²) in [5.74, 6) is -1.09. The maximum atomic E-state index is 13.1. The summed E-state index contributed by atoms with van der Waals surface area (Å²) in [5, 5.41) is 3.16. The summed E-state index contributed by atoms with van der Waals surface area (Å²) >= 11 is 0. The van der Waals surface area contributed by atoms with Gasteiger partial charge < -0.3 is 10.1 Å². The monoisotopic (exact) mass is 291 g/mol. The molecule has 21 heavy (non-hydrogen) atoms. The van der Waals surface area contributed by atoms with Gasteiger partial charge in [0, 0.05) is 18.2 Å². The van der Waals surface area contributed by atoms with Crippen molar-refractivity contribution in [3.8, 4) is 5.75 Å². The zero-order chi connectivity index (χ0) is 15.4. The Balaban J connectivity index is 2.12. The topological polar surface area (TPSA) is 21.3 Å². The molecule has 0 aliphatic rings. The summed E-state index contributed by atoms with van der Waals surface area (Å²) in [6.07, 6.45) is 0. The van der Waals surface area contributed by atoms with E-state index in [0.29, 0.717) is 6.61 Å². The minimum atomic E-state index is -0.641. The van der Waals surface area contributed by atoms with Crippen LogP contribution in [0.1, 0.15) is 22.7 Å². The lowest BCUT2D eigenvalue weighted by atomic mass is 10.0. The summed E-state index contributed by atoms with van der Waals surface area (Å²) in [6.45, 7) is 4.36. The Hall–Kier alpha value is -1.94. The molecule has 1 N–H and O–H groups in total. The molecule has 0 spiro atoms. The van der Waals surface area contributed by atoms with E-state index in [9.17, 15) is 8.78 Å². The predicted octanol–water partition coefficient (Wildman–Crippen LogP) is 3.92. The molecule has 2 rings (SSSR count). The van der Waals surface area contributed by atoms with E-state index in [1.165, 1.54) is 23.3 Å². The fourth-order valence-electron chi connectivity index (χ4n) is 2.35. The van der Waals surface area contributed by atoms with Gasteiger partial charge in [-0.3, -0.25) is 0 Å². The Labute approximate surface area is 123 Å². The van der Waals surface area contributed by atoms with E-state index in [0.717, 1.165) is 11.6 Å². The normalized spacial score (nSPS) is 12.2. The second kappa shape index (κ2) is 6.68. The Morgan fingerprint density at radius 3 is 2.05 bits per heavy atom. The fourth-order valence-corrected chi connectivity index (χ4v) is 2.35. The van der Waals surface area contributed by atoms with Crippen LogP contribution in [0.5, 0.6) is 5.75 Å². The van der Waals surface area contributed by atoms with E-state index in [4.69, 9.17) is 4.74 Å². The van der Waals surface area contributed by atoms with Gasteiger partial charge in [0.1, 0.15) is 24.0 Å². The van der Waals surface area contributed by atoms with Gasteiger partial charge in [-0.05, 0) is 26.5 Å². The molecule has 2 nitrogen and oxygen atoms in total. The van der Waals surface area contributed by atoms with Crippen LogP contribution in [0, 0.1) is 25.5 Å². The number of halogens is 2. The number of hydrogen-bond donors (Lipinski definition) is 1. The minimum absolute atomic E-state index is 0.0464. The first-order valence-corrected chi connectivity index (χ1v) is 6.82. The molecule has 0 amide bonds. The lowest BCUT2D eigenvalue weighted by Crippen LogP contribution is -2.23. The predicted molar refractivity (Wildman–Crippen MR) is 79.6 cm³/mol. The molecule has 0 saturated heterocycles. The maximum Gasteiger partial charge on any atom is 0.129 e. The molecule has 1 unspecified atom stereocenters. The highest BCUT2D eigenvalue weighted by molar-refractivity contribution is 5.31. The van der Waals surface area contributed by atoms with E-state index in [1.807, 2.05) is 20.9 Å². The molecule has 0 saturated carbocycles. The van der Waals surface area contributed by atoms with Gasteiger partial charge in [-0.1, -0.05) is 29.3 Å². The van der Waals surface area contributed by atoms with Gasteiger partial charge >= 0.3 is 0 Å². The van der Waals surface area contributed by atoms with E-state index in [1.54, 1.807) is 0 Å². The van der Waals surface area contributed by atoms with Gasteiger partial charge in [-0.25, -0.2) is 8.78 Å². The van der Waals surface area contributed by atoms with Gasteiger partial charge in [0.25, 0.3) is 0 Å². The van der Waals surface area contributed by atoms with Crippen molar-refractivity contribution in [1.29, 1.82) is 0 Å². The van der Waals surface area contributed by atoms with Gasteiger partial charge in [-0.15, -0.1) is 0 Å². The number of ether oxygens (including phenoxy) is 1. The Bertz CT molecular complexity index is 588. The van der Waals surface area contributed by atoms with Crippen molar-refractivity contribution in [3.63, 3.8) is 0 Å². The van der Waals surface area contributed by atoms with Gasteiger partial charge in [0.15, 0.2) is 0 Å². The summed E-state index contributed by atoms with van der Waals surface area (Å²) in [5.41, 5.74) is 3.43. The standard InChI is InChI=1S/C17H19F2NO/c1-11-4-12(2)6-13(5-11)17(20-3)10-21-16-8-14(18)7-15(19)9-16/h4-9,17,20H,10H2,1-3H3. The highest BCUT2D eigenvalue weighted by Gasteiger charge is 2.12. The third-order valence-electron chi connectivity index (χ3n) is 3.25. The number of likely N-dealkylation sites (N-methyl/N-ethyl adjacent to an activating group) is 1. The van der Waals surface area contributed by atoms with Crippen molar-refractivity contribution in [2.45, 2.75) is 19.9 Å². The smallest absolute Gasteiger partial charge is 0.129 e. The molecule has 4 heteroatoms. The quantitative estimate of drug-likeness (QED) is 0.901. The van der Waals surface area contributed by atoms with Crippen LogP contribution in [0.4, 0.5) is 8.78 Å². The van der Waals surface area contributed by atoms with Crippen molar-refractivity contribution in [3.05, 3.63) is 64.7 Å². The summed E-state index contributed by atoms with van der Waals surface area (Å²) in [6, 6.07) is 9.38. The largest absolute Gasteiger partial charge is 0.491 e. The lowest BCUT2D eigenvalue weighted by molar-refractivity contribution is 0.270. The molecular formula is C17H19F2NO. The van der Waals surface area contributed by atoms with Crippen LogP contribution < -0.4 is 10.1 Å². The van der Waals surface area contributed by atoms with Gasteiger partial charge in [0.05, 0.1) is 6.04 Å². The Morgan fingerprint density at radius 2 is 1.52 bits per heavy atom. The third kappa shape index (κ3) is 4.26. The van der Waals surface area contributed by atoms with E-state index >= 15 is 0 Å². The van der Waals surface area contributed by atoms with Crippen molar-refractivity contribution in [2.75, 3.05) is 13.7 Å². The maximum absolute atomic E-state index is 13.1. The van der Waals surface area contributed by atoms with E-state index < -0.39 is 11.6 Å². The molecule has 0 aliphatic heterocycles. The lowest BCUT2D eigenvalue weighted by Gasteiger charge is -2.18. The Kier molecular flexibility index (Phi) is 4.91. The number of nitrogens with one attached hydrogen (secondary N) is 1. The Morgan fingerprint density at radius 1 is 0.952 bits per heavy atom. The van der Waals surface area contributed by atoms with Crippen LogP contribution in [-0.4, -0.2) is 13.7 Å². The zero-order valence-electron chi connectivity index (χ0n) is 12.4. The molecule has 0 radical (unpaired) electrons. The molecule has 1 atom stereocenters. The number of aryl methyl sites for hydroxylation is 2. The molecular weight excluding hydrogens is 272 g/mol. The van der Waals surface area contributed by atoms with Crippen LogP contribution in [0.25, 0.3) is 0 Å². The average Bonchev–Trinajstić information content (AvgIpc) is 2.37. The van der Waals surface area contributed by atoms with Crippen LogP contribution in [-0.2, 0) is 0 Å². The van der Waals surface area contributed by atoms with Gasteiger partial charge in [-0.2, -0.15) is 0 Å². The SMILES string of the molecule is CNC(COc1cc(F)cc(F)c1)c1cc(C)cc(C)c1. The molecule has 0 aliphatic carbocycles. The highest BCUT2D eigenvalue weighted by atomic mass is 19.1. The van der Waals surface area contributed by atoms with Crippen LogP contribution in [0.2, 0.25) is 0 Å². The molecule has 0 aromatic heterocycles. The molecule has 2 aromatic rings. The van der Waals surface area contributed by atoms with E-state index in [2.05, 4.69) is 23.5 Å². The number of rotatable bonds is 5. The third-order valence-corrected chi connectivity index (χ3v) is 3.25. The fraction of sp³-hybridized carbons (Fsp3) is 0.294. The zero-order valence-corrected chi connectivity index (χ0v) is 12.4. The highest BCUT2D eigenvalue weighted by Crippen LogP contribution is 2.20. The number of hydrogen-bond acceptors (Lipinski definition) is 2. The van der Waals surface area contributed by atoms with Crippen molar-refractivity contribution in [1.82, 2.24) is 5.32 Å². The van der Waals surface area contributed by atoms with Crippen LogP contribution in [0.15, 0.2) is 36.4 Å². The number of benzene rings is 2. The summed E-state index contributed by atoms with van der Waals surface area (Å²) in [4.78, 5) is 0. The van der Waals surface area contributed by atoms with Crippen LogP contribution >= 0.6 is 0 Å². The van der Waals surface area contributed by atoms with Crippen molar-refractivity contribution < 1.29 is 13.5 Å². The van der Waals surface area contributed by atoms with Crippen molar-refractivity contribution >= 4 is 0 Å². The molecule has 112 valence electrons. The second-order valence-corrected chi connectivity index (χ2v) is 5.18. The minimum Gasteiger partial charge on any atom is -0.491 e. The van der Waals surface area contributed by atoms with Crippen LogP contribution in [0.3, 0.4) is 0 Å². The summed E-state index contributed by atoms with van der Waals surface area (Å²) < 4.78 is 31.8. The van der Waals surface area contributed by atoms with E-state index in [-0.39, 0.29) is 11.8 Å². The molecule has 2 aromatic carbocycles. The molecule has 0 fully saturated rings.